The number of fused-ring (bicyclic) bond motifs is 1. The number of alkyl halides is 1. The Morgan fingerprint density at radius 2 is 2.15 bits per heavy atom. The van der Waals surface area contributed by atoms with Crippen molar-refractivity contribution in [2.24, 2.45) is 7.05 Å². The average Bonchev–Trinajstić information content (AvgIpc) is 3.04. The summed E-state index contributed by atoms with van der Waals surface area (Å²) in [5.41, 5.74) is 2.30. The van der Waals surface area contributed by atoms with Gasteiger partial charge in [-0.25, -0.2) is 4.79 Å². The van der Waals surface area contributed by atoms with Crippen molar-refractivity contribution in [2.75, 3.05) is 0 Å². The summed E-state index contributed by atoms with van der Waals surface area (Å²) in [6, 6.07) is 9.84. The zero-order valence-electron chi connectivity index (χ0n) is 11.2. The predicted octanol–water partition coefficient (Wildman–Crippen LogP) is 4.08. The number of oxazole rings is 1. The summed E-state index contributed by atoms with van der Waals surface area (Å²) in [6.45, 7) is 2.13. The maximum atomic E-state index is 11.5. The average molecular weight is 308 g/mol. The highest BCUT2D eigenvalue weighted by atomic mass is 35.5. The predicted molar refractivity (Wildman–Crippen MR) is 82.8 cm³/mol. The highest BCUT2D eigenvalue weighted by Gasteiger charge is 2.15. The van der Waals surface area contributed by atoms with E-state index in [4.69, 9.17) is 16.0 Å². The zero-order chi connectivity index (χ0) is 14.3. The van der Waals surface area contributed by atoms with Gasteiger partial charge in [0.05, 0.1) is 10.9 Å². The highest BCUT2D eigenvalue weighted by Crippen LogP contribution is 2.34. The first-order valence-electron chi connectivity index (χ1n) is 6.42. The molecule has 0 aliphatic carbocycles. The lowest BCUT2D eigenvalue weighted by atomic mass is 10.1. The monoisotopic (exact) mass is 307 g/mol. The Morgan fingerprint density at radius 1 is 1.35 bits per heavy atom. The first kappa shape index (κ1) is 13.5. The number of thiophene rings is 1. The molecule has 0 spiro atoms. The van der Waals surface area contributed by atoms with Crippen molar-refractivity contribution in [2.45, 2.75) is 18.7 Å². The number of aryl methyl sites for hydroxylation is 2. The molecule has 0 N–H and O–H groups in total. The Bertz CT molecular complexity index is 815. The van der Waals surface area contributed by atoms with Crippen molar-refractivity contribution in [1.82, 2.24) is 4.57 Å². The molecule has 0 bridgehead atoms. The van der Waals surface area contributed by atoms with Crippen LogP contribution in [0.2, 0.25) is 0 Å². The van der Waals surface area contributed by atoms with Crippen LogP contribution in [-0.4, -0.2) is 4.57 Å². The van der Waals surface area contributed by atoms with Gasteiger partial charge in [0.25, 0.3) is 0 Å². The van der Waals surface area contributed by atoms with Crippen molar-refractivity contribution >= 4 is 34.0 Å². The van der Waals surface area contributed by atoms with E-state index in [1.807, 2.05) is 18.2 Å². The van der Waals surface area contributed by atoms with Gasteiger partial charge in [-0.05, 0) is 36.2 Å². The molecule has 1 unspecified atom stereocenters. The third-order valence-electron chi connectivity index (χ3n) is 3.39. The van der Waals surface area contributed by atoms with E-state index < -0.39 is 0 Å². The van der Waals surface area contributed by atoms with Gasteiger partial charge in [-0.1, -0.05) is 13.0 Å². The van der Waals surface area contributed by atoms with Gasteiger partial charge < -0.3 is 4.42 Å². The Hall–Kier alpha value is -1.52. The van der Waals surface area contributed by atoms with Crippen molar-refractivity contribution in [3.63, 3.8) is 0 Å². The van der Waals surface area contributed by atoms with E-state index >= 15 is 0 Å². The number of halogens is 1. The minimum absolute atomic E-state index is 0.213. The second-order valence-corrected chi connectivity index (χ2v) is 6.31. The fourth-order valence-corrected chi connectivity index (χ4v) is 3.49. The maximum Gasteiger partial charge on any atom is 0.419 e. The van der Waals surface area contributed by atoms with E-state index in [0.717, 1.165) is 22.4 Å². The topological polar surface area (TPSA) is 35.1 Å². The number of hydrogen-bond donors (Lipinski definition) is 0. The molecule has 1 atom stereocenters. The summed E-state index contributed by atoms with van der Waals surface area (Å²) in [5.74, 6) is -0.354. The SMILES string of the molecule is CCc1ccc(C(Cl)c2ccc3c(c2)oc(=O)n3C)s1. The number of hydrogen-bond acceptors (Lipinski definition) is 3. The summed E-state index contributed by atoms with van der Waals surface area (Å²) in [4.78, 5) is 13.9. The number of benzene rings is 1. The largest absolute Gasteiger partial charge is 0.419 e. The lowest BCUT2D eigenvalue weighted by Crippen LogP contribution is -2.08. The standard InChI is InChI=1S/C15H14ClNO2S/c1-3-10-5-7-13(20-10)14(16)9-4-6-11-12(8-9)19-15(18)17(11)2/h4-8,14H,3H2,1-2H3. The van der Waals surface area contributed by atoms with Crippen LogP contribution in [0.15, 0.2) is 39.5 Å². The van der Waals surface area contributed by atoms with Crippen LogP contribution in [0.4, 0.5) is 0 Å². The first-order valence-corrected chi connectivity index (χ1v) is 7.67. The molecule has 0 saturated heterocycles. The molecule has 0 aliphatic heterocycles. The van der Waals surface area contributed by atoms with Crippen LogP contribution < -0.4 is 5.76 Å². The van der Waals surface area contributed by atoms with Crippen LogP contribution in [0.25, 0.3) is 11.1 Å². The molecule has 3 aromatic rings. The Morgan fingerprint density at radius 3 is 2.85 bits per heavy atom. The Labute approximate surface area is 125 Å². The molecule has 2 aromatic heterocycles. The molecule has 1 aromatic carbocycles. The van der Waals surface area contributed by atoms with Crippen molar-refractivity contribution < 1.29 is 4.42 Å². The minimum Gasteiger partial charge on any atom is -0.408 e. The molecule has 0 saturated carbocycles. The smallest absolute Gasteiger partial charge is 0.408 e. The quantitative estimate of drug-likeness (QED) is 0.683. The third kappa shape index (κ3) is 2.19. The molecule has 3 rings (SSSR count). The molecule has 20 heavy (non-hydrogen) atoms. The van der Waals surface area contributed by atoms with Crippen molar-refractivity contribution in [1.29, 1.82) is 0 Å². The van der Waals surface area contributed by atoms with Crippen LogP contribution in [0.5, 0.6) is 0 Å². The molecular weight excluding hydrogens is 294 g/mol. The van der Waals surface area contributed by atoms with Crippen LogP contribution in [0.3, 0.4) is 0 Å². The fourth-order valence-electron chi connectivity index (χ4n) is 2.19. The van der Waals surface area contributed by atoms with E-state index in [1.165, 1.54) is 9.44 Å². The molecule has 0 aliphatic rings. The summed E-state index contributed by atoms with van der Waals surface area (Å²) in [7, 11) is 1.69. The Kier molecular flexibility index (Phi) is 3.44. The van der Waals surface area contributed by atoms with Gasteiger partial charge in [-0.2, -0.15) is 0 Å². The molecule has 0 amide bonds. The van der Waals surface area contributed by atoms with Gasteiger partial charge in [0.2, 0.25) is 0 Å². The minimum atomic E-state index is -0.354. The number of rotatable bonds is 3. The van der Waals surface area contributed by atoms with E-state index in [1.54, 1.807) is 18.4 Å². The molecular formula is C15H14ClNO2S. The van der Waals surface area contributed by atoms with Crippen LogP contribution in [0, 0.1) is 0 Å². The van der Waals surface area contributed by atoms with Gasteiger partial charge in [0, 0.05) is 16.8 Å². The second kappa shape index (κ2) is 5.11. The molecule has 2 heterocycles. The van der Waals surface area contributed by atoms with Gasteiger partial charge >= 0.3 is 5.76 Å². The van der Waals surface area contributed by atoms with E-state index in [0.29, 0.717) is 5.58 Å². The van der Waals surface area contributed by atoms with Gasteiger partial charge in [0.1, 0.15) is 0 Å². The number of nitrogens with zero attached hydrogens (tertiary/aromatic N) is 1. The summed E-state index contributed by atoms with van der Waals surface area (Å²) >= 11 is 8.25. The molecule has 0 radical (unpaired) electrons. The van der Waals surface area contributed by atoms with E-state index in [2.05, 4.69) is 19.1 Å². The third-order valence-corrected chi connectivity index (χ3v) is 5.30. The van der Waals surface area contributed by atoms with Crippen LogP contribution in [0.1, 0.15) is 27.6 Å². The number of aromatic nitrogens is 1. The first-order chi connectivity index (χ1) is 9.60. The van der Waals surface area contributed by atoms with Crippen molar-refractivity contribution in [3.8, 4) is 0 Å². The summed E-state index contributed by atoms with van der Waals surface area (Å²) in [5, 5.41) is -0.213. The zero-order valence-corrected chi connectivity index (χ0v) is 12.8. The van der Waals surface area contributed by atoms with Crippen molar-refractivity contribution in [3.05, 3.63) is 56.2 Å². The van der Waals surface area contributed by atoms with Crippen LogP contribution >= 0.6 is 22.9 Å². The molecule has 0 fully saturated rings. The molecule has 3 nitrogen and oxygen atoms in total. The lowest BCUT2D eigenvalue weighted by Gasteiger charge is -2.07. The van der Waals surface area contributed by atoms with Crippen LogP contribution in [-0.2, 0) is 13.5 Å². The lowest BCUT2D eigenvalue weighted by molar-refractivity contribution is 0.528. The van der Waals surface area contributed by atoms with Gasteiger partial charge in [0.15, 0.2) is 5.58 Å². The van der Waals surface area contributed by atoms with Gasteiger partial charge in [-0.3, -0.25) is 4.57 Å². The summed E-state index contributed by atoms with van der Waals surface area (Å²) in [6.07, 6.45) is 1.01. The Balaban J connectivity index is 2.03. The summed E-state index contributed by atoms with van der Waals surface area (Å²) < 4.78 is 6.69. The van der Waals surface area contributed by atoms with E-state index in [-0.39, 0.29) is 11.1 Å². The fraction of sp³-hybridized carbons (Fsp3) is 0.267. The second-order valence-electron chi connectivity index (χ2n) is 4.67. The normalized spacial score (nSPS) is 12.9. The van der Waals surface area contributed by atoms with E-state index in [9.17, 15) is 4.79 Å². The molecule has 104 valence electrons. The van der Waals surface area contributed by atoms with Gasteiger partial charge in [-0.15, -0.1) is 22.9 Å². The highest BCUT2D eigenvalue weighted by molar-refractivity contribution is 7.12. The molecule has 5 heteroatoms. The maximum absolute atomic E-state index is 11.5.